The number of carbonyl (C=O) groups excluding carboxylic acids is 3. The second kappa shape index (κ2) is 9.30. The fraction of sp³-hybridized carbons (Fsp3) is 0.500. The molecule has 0 bridgehead atoms. The van der Waals surface area contributed by atoms with E-state index in [4.69, 9.17) is 23.7 Å². The summed E-state index contributed by atoms with van der Waals surface area (Å²) in [4.78, 5) is 34.3. The number of hydrogen-bond donors (Lipinski definition) is 0. The molecule has 0 aromatic heterocycles. The van der Waals surface area contributed by atoms with Crippen LogP contribution in [0, 0.1) is 0 Å². The van der Waals surface area contributed by atoms with Crippen molar-refractivity contribution < 1.29 is 38.1 Å². The van der Waals surface area contributed by atoms with Crippen molar-refractivity contribution in [3.63, 3.8) is 0 Å². The van der Waals surface area contributed by atoms with Gasteiger partial charge in [-0.2, -0.15) is 0 Å². The highest BCUT2D eigenvalue weighted by Gasteiger charge is 2.47. The van der Waals surface area contributed by atoms with Crippen LogP contribution in [0.4, 0.5) is 0 Å². The molecule has 1 saturated heterocycles. The highest BCUT2D eigenvalue weighted by molar-refractivity contribution is 5.68. The Kier molecular flexibility index (Phi) is 7.11. The molecule has 0 radical (unpaired) electrons. The zero-order valence-corrected chi connectivity index (χ0v) is 14.9. The summed E-state index contributed by atoms with van der Waals surface area (Å²) < 4.78 is 26.9. The van der Waals surface area contributed by atoms with Crippen LogP contribution in [0.3, 0.4) is 0 Å². The number of esters is 3. The van der Waals surface area contributed by atoms with Crippen LogP contribution >= 0.6 is 0 Å². The summed E-state index contributed by atoms with van der Waals surface area (Å²) in [7, 11) is 0. The molecule has 1 fully saturated rings. The predicted molar refractivity (Wildman–Crippen MR) is 87.6 cm³/mol. The number of rotatable bonds is 6. The lowest BCUT2D eigenvalue weighted by atomic mass is 10.0. The Morgan fingerprint density at radius 2 is 1.50 bits per heavy atom. The van der Waals surface area contributed by atoms with Crippen molar-refractivity contribution in [2.75, 3.05) is 6.61 Å². The van der Waals surface area contributed by atoms with Crippen molar-refractivity contribution in [1.82, 2.24) is 0 Å². The van der Waals surface area contributed by atoms with E-state index in [9.17, 15) is 14.4 Å². The van der Waals surface area contributed by atoms with E-state index in [1.54, 1.807) is 0 Å². The van der Waals surface area contributed by atoms with E-state index in [0.717, 1.165) is 5.56 Å². The molecule has 1 aliphatic rings. The molecule has 142 valence electrons. The lowest BCUT2D eigenvalue weighted by Gasteiger charge is -2.40. The molecule has 0 aliphatic carbocycles. The lowest BCUT2D eigenvalue weighted by molar-refractivity contribution is -0.283. The van der Waals surface area contributed by atoms with Gasteiger partial charge in [0, 0.05) is 20.8 Å². The van der Waals surface area contributed by atoms with E-state index in [1.165, 1.54) is 20.8 Å². The Labute approximate surface area is 151 Å². The highest BCUT2D eigenvalue weighted by atomic mass is 16.7. The van der Waals surface area contributed by atoms with Gasteiger partial charge in [-0.15, -0.1) is 0 Å². The van der Waals surface area contributed by atoms with Gasteiger partial charge in [0.1, 0.15) is 0 Å². The first-order chi connectivity index (χ1) is 12.4. The number of ether oxygens (including phenoxy) is 5. The summed E-state index contributed by atoms with van der Waals surface area (Å²) in [6.45, 7) is 3.80. The molecule has 2 rings (SSSR count). The van der Waals surface area contributed by atoms with Gasteiger partial charge in [-0.1, -0.05) is 30.3 Å². The van der Waals surface area contributed by atoms with Crippen LogP contribution in [0.2, 0.25) is 0 Å². The second-order valence-electron chi connectivity index (χ2n) is 5.79. The minimum atomic E-state index is -1.07. The van der Waals surface area contributed by atoms with E-state index in [1.807, 2.05) is 30.3 Å². The minimum absolute atomic E-state index is 0.0608. The predicted octanol–water partition coefficient (Wildman–Crippen LogP) is 1.35. The molecule has 0 N–H and O–H groups in total. The Morgan fingerprint density at radius 1 is 0.923 bits per heavy atom. The van der Waals surface area contributed by atoms with Gasteiger partial charge in [-0.25, -0.2) is 0 Å². The Hall–Kier alpha value is -2.45. The summed E-state index contributed by atoms with van der Waals surface area (Å²) in [5.74, 6) is -1.78. The summed E-state index contributed by atoms with van der Waals surface area (Å²) in [5, 5.41) is 0. The van der Waals surface area contributed by atoms with E-state index >= 15 is 0 Å². The van der Waals surface area contributed by atoms with Gasteiger partial charge in [0.2, 0.25) is 0 Å². The molecule has 0 spiro atoms. The Bertz CT molecular complexity index is 629. The quantitative estimate of drug-likeness (QED) is 0.550. The SMILES string of the molecule is CC(=O)O[C@@H]1[C@H](OCc2ccccc2)OC[C@@H](OC(C)=O)[C@H]1OC(C)=O. The average molecular weight is 366 g/mol. The van der Waals surface area contributed by atoms with Crippen LogP contribution in [0.5, 0.6) is 0 Å². The van der Waals surface area contributed by atoms with Crippen LogP contribution in [-0.4, -0.2) is 49.1 Å². The van der Waals surface area contributed by atoms with Gasteiger partial charge >= 0.3 is 17.9 Å². The monoisotopic (exact) mass is 366 g/mol. The first-order valence-corrected chi connectivity index (χ1v) is 8.15. The average Bonchev–Trinajstić information content (AvgIpc) is 2.56. The molecule has 8 heteroatoms. The Morgan fingerprint density at radius 3 is 2.08 bits per heavy atom. The molecule has 8 nitrogen and oxygen atoms in total. The fourth-order valence-corrected chi connectivity index (χ4v) is 2.60. The minimum Gasteiger partial charge on any atom is -0.456 e. The van der Waals surface area contributed by atoms with Gasteiger partial charge in [0.15, 0.2) is 24.6 Å². The molecule has 4 atom stereocenters. The third-order valence-electron chi connectivity index (χ3n) is 3.56. The van der Waals surface area contributed by atoms with E-state index in [-0.39, 0.29) is 13.2 Å². The van der Waals surface area contributed by atoms with Crippen molar-refractivity contribution in [3.8, 4) is 0 Å². The van der Waals surface area contributed by atoms with Crippen molar-refractivity contribution in [1.29, 1.82) is 0 Å². The second-order valence-corrected chi connectivity index (χ2v) is 5.79. The van der Waals surface area contributed by atoms with Crippen molar-refractivity contribution in [2.24, 2.45) is 0 Å². The van der Waals surface area contributed by atoms with Crippen molar-refractivity contribution >= 4 is 17.9 Å². The van der Waals surface area contributed by atoms with Crippen LogP contribution in [0.25, 0.3) is 0 Å². The molecule has 1 aromatic carbocycles. The first-order valence-electron chi connectivity index (χ1n) is 8.15. The first kappa shape index (κ1) is 19.9. The van der Waals surface area contributed by atoms with Gasteiger partial charge in [0.25, 0.3) is 0 Å². The maximum atomic E-state index is 11.5. The third-order valence-corrected chi connectivity index (χ3v) is 3.56. The third kappa shape index (κ3) is 5.82. The number of hydrogen-bond acceptors (Lipinski definition) is 8. The number of benzene rings is 1. The smallest absolute Gasteiger partial charge is 0.303 e. The molecule has 1 aromatic rings. The lowest BCUT2D eigenvalue weighted by Crippen LogP contribution is -2.58. The summed E-state index contributed by atoms with van der Waals surface area (Å²) in [5.41, 5.74) is 0.892. The molecular formula is C18H22O8. The van der Waals surface area contributed by atoms with E-state index in [0.29, 0.717) is 0 Å². The molecule has 26 heavy (non-hydrogen) atoms. The zero-order chi connectivity index (χ0) is 19.1. The molecule has 1 aliphatic heterocycles. The van der Waals surface area contributed by atoms with E-state index in [2.05, 4.69) is 0 Å². The number of carbonyl (C=O) groups is 3. The van der Waals surface area contributed by atoms with Crippen LogP contribution in [-0.2, 0) is 44.7 Å². The van der Waals surface area contributed by atoms with E-state index < -0.39 is 42.5 Å². The standard InChI is InChI=1S/C18H22O8/c1-11(19)24-15-10-23-18(22-9-14-7-5-4-6-8-14)17(26-13(3)21)16(15)25-12(2)20/h4-8,15-18H,9-10H2,1-3H3/t15-,16-,17+,18-/m1/s1. The fourth-order valence-electron chi connectivity index (χ4n) is 2.60. The van der Waals surface area contributed by atoms with Gasteiger partial charge in [0.05, 0.1) is 13.2 Å². The van der Waals surface area contributed by atoms with Crippen LogP contribution in [0.1, 0.15) is 26.3 Å². The zero-order valence-electron chi connectivity index (χ0n) is 14.9. The molecule has 0 amide bonds. The van der Waals surface area contributed by atoms with Crippen molar-refractivity contribution in [3.05, 3.63) is 35.9 Å². The summed E-state index contributed by atoms with van der Waals surface area (Å²) in [6, 6.07) is 9.34. The largest absolute Gasteiger partial charge is 0.456 e. The summed E-state index contributed by atoms with van der Waals surface area (Å²) >= 11 is 0. The van der Waals surface area contributed by atoms with Gasteiger partial charge in [-0.05, 0) is 5.56 Å². The summed E-state index contributed by atoms with van der Waals surface area (Å²) in [6.07, 6.45) is -3.99. The Balaban J connectivity index is 2.16. The maximum absolute atomic E-state index is 11.5. The topological polar surface area (TPSA) is 97.4 Å². The molecular weight excluding hydrogens is 344 g/mol. The maximum Gasteiger partial charge on any atom is 0.303 e. The molecule has 0 saturated carbocycles. The van der Waals surface area contributed by atoms with Crippen LogP contribution < -0.4 is 0 Å². The molecule has 0 unspecified atom stereocenters. The van der Waals surface area contributed by atoms with Crippen molar-refractivity contribution in [2.45, 2.75) is 52.0 Å². The van der Waals surface area contributed by atoms with Gasteiger partial charge in [-0.3, -0.25) is 14.4 Å². The molecule has 1 heterocycles. The van der Waals surface area contributed by atoms with Gasteiger partial charge < -0.3 is 23.7 Å². The van der Waals surface area contributed by atoms with Crippen LogP contribution in [0.15, 0.2) is 30.3 Å². The highest BCUT2D eigenvalue weighted by Crippen LogP contribution is 2.26. The normalized spacial score (nSPS) is 25.2.